The number of carbonyl (C=O) groups excluding carboxylic acids is 1. The molecule has 94 valence electrons. The SMILES string of the molecule is CC1CCCC(NC(=O)C(C)(C)CN)CC1. The molecule has 0 aromatic carbocycles. The quantitative estimate of drug-likeness (QED) is 0.724. The van der Waals surface area contributed by atoms with Crippen LogP contribution in [0.3, 0.4) is 0 Å². The van der Waals surface area contributed by atoms with Crippen LogP contribution in [0.4, 0.5) is 0 Å². The van der Waals surface area contributed by atoms with E-state index in [-0.39, 0.29) is 5.91 Å². The lowest BCUT2D eigenvalue weighted by Crippen LogP contribution is -2.46. The summed E-state index contributed by atoms with van der Waals surface area (Å²) in [5.41, 5.74) is 5.17. The number of amides is 1. The lowest BCUT2D eigenvalue weighted by Gasteiger charge is -2.25. The molecule has 0 saturated heterocycles. The molecule has 0 aromatic heterocycles. The largest absolute Gasteiger partial charge is 0.353 e. The Balaban J connectivity index is 2.44. The van der Waals surface area contributed by atoms with Crippen molar-refractivity contribution < 1.29 is 4.79 Å². The summed E-state index contributed by atoms with van der Waals surface area (Å²) < 4.78 is 0. The van der Waals surface area contributed by atoms with Crippen molar-refractivity contribution in [3.05, 3.63) is 0 Å². The lowest BCUT2D eigenvalue weighted by atomic mass is 9.92. The second-order valence-electron chi connectivity index (χ2n) is 5.87. The number of hydrogen-bond donors (Lipinski definition) is 2. The first-order valence-corrected chi connectivity index (χ1v) is 6.46. The van der Waals surface area contributed by atoms with Crippen LogP contribution in [0, 0.1) is 11.3 Å². The molecule has 1 amide bonds. The number of carbonyl (C=O) groups is 1. The fourth-order valence-corrected chi connectivity index (χ4v) is 2.10. The van der Waals surface area contributed by atoms with Gasteiger partial charge in [-0.1, -0.05) is 19.8 Å². The molecule has 1 saturated carbocycles. The molecule has 3 heteroatoms. The third-order valence-electron chi connectivity index (χ3n) is 3.72. The summed E-state index contributed by atoms with van der Waals surface area (Å²) in [6.45, 7) is 6.51. The Labute approximate surface area is 99.2 Å². The Bertz CT molecular complexity index is 238. The molecular formula is C13H26N2O. The topological polar surface area (TPSA) is 55.1 Å². The van der Waals surface area contributed by atoms with Gasteiger partial charge in [-0.2, -0.15) is 0 Å². The van der Waals surface area contributed by atoms with E-state index < -0.39 is 5.41 Å². The zero-order valence-corrected chi connectivity index (χ0v) is 10.9. The Morgan fingerprint density at radius 3 is 2.62 bits per heavy atom. The molecule has 2 unspecified atom stereocenters. The van der Waals surface area contributed by atoms with Gasteiger partial charge in [0, 0.05) is 12.6 Å². The van der Waals surface area contributed by atoms with Crippen LogP contribution in [0.5, 0.6) is 0 Å². The Kier molecular flexibility index (Phi) is 4.78. The molecule has 0 aliphatic heterocycles. The lowest BCUT2D eigenvalue weighted by molar-refractivity contribution is -0.129. The van der Waals surface area contributed by atoms with Crippen LogP contribution < -0.4 is 11.1 Å². The minimum absolute atomic E-state index is 0.106. The summed E-state index contributed by atoms with van der Waals surface area (Å²) in [5.74, 6) is 0.916. The normalized spacial score (nSPS) is 27.2. The Morgan fingerprint density at radius 1 is 1.31 bits per heavy atom. The van der Waals surface area contributed by atoms with Gasteiger partial charge in [0.25, 0.3) is 0 Å². The second kappa shape index (κ2) is 5.67. The zero-order chi connectivity index (χ0) is 12.2. The summed E-state index contributed by atoms with van der Waals surface area (Å²) in [4.78, 5) is 12.0. The van der Waals surface area contributed by atoms with Crippen molar-refractivity contribution >= 4 is 5.91 Å². The molecule has 3 N–H and O–H groups in total. The molecule has 3 nitrogen and oxygen atoms in total. The fraction of sp³-hybridized carbons (Fsp3) is 0.923. The molecule has 2 atom stereocenters. The van der Waals surface area contributed by atoms with Gasteiger partial charge in [0.15, 0.2) is 0 Å². The maximum Gasteiger partial charge on any atom is 0.227 e. The second-order valence-corrected chi connectivity index (χ2v) is 5.87. The minimum atomic E-state index is -0.433. The van der Waals surface area contributed by atoms with E-state index in [4.69, 9.17) is 5.73 Å². The van der Waals surface area contributed by atoms with Crippen molar-refractivity contribution in [2.75, 3.05) is 6.54 Å². The van der Waals surface area contributed by atoms with Gasteiger partial charge in [-0.05, 0) is 39.0 Å². The first-order valence-electron chi connectivity index (χ1n) is 6.46. The summed E-state index contributed by atoms with van der Waals surface area (Å²) in [7, 11) is 0. The average molecular weight is 226 g/mol. The highest BCUT2D eigenvalue weighted by Gasteiger charge is 2.28. The molecule has 1 aliphatic rings. The molecule has 0 bridgehead atoms. The van der Waals surface area contributed by atoms with E-state index in [9.17, 15) is 4.79 Å². The molecule has 1 aliphatic carbocycles. The number of rotatable bonds is 3. The van der Waals surface area contributed by atoms with Gasteiger partial charge in [-0.15, -0.1) is 0 Å². The maximum absolute atomic E-state index is 12.0. The number of hydrogen-bond acceptors (Lipinski definition) is 2. The van der Waals surface area contributed by atoms with Gasteiger partial charge < -0.3 is 11.1 Å². The smallest absolute Gasteiger partial charge is 0.227 e. The van der Waals surface area contributed by atoms with Crippen LogP contribution in [0.2, 0.25) is 0 Å². The molecule has 0 heterocycles. The predicted molar refractivity (Wildman–Crippen MR) is 67.0 cm³/mol. The average Bonchev–Trinajstić information content (AvgIpc) is 2.44. The zero-order valence-electron chi connectivity index (χ0n) is 10.9. The standard InChI is InChI=1S/C13H26N2O/c1-10-5-4-6-11(8-7-10)15-12(16)13(2,3)9-14/h10-11H,4-9,14H2,1-3H3,(H,15,16). The van der Waals surface area contributed by atoms with Gasteiger partial charge in [0.1, 0.15) is 0 Å². The first kappa shape index (κ1) is 13.5. The fourth-order valence-electron chi connectivity index (χ4n) is 2.10. The van der Waals surface area contributed by atoms with Crippen molar-refractivity contribution in [1.82, 2.24) is 5.32 Å². The molecule has 0 radical (unpaired) electrons. The van der Waals surface area contributed by atoms with Crippen LogP contribution in [0.1, 0.15) is 52.9 Å². The number of nitrogens with one attached hydrogen (secondary N) is 1. The minimum Gasteiger partial charge on any atom is -0.353 e. The van der Waals surface area contributed by atoms with Gasteiger partial charge in [0.05, 0.1) is 5.41 Å². The van der Waals surface area contributed by atoms with Crippen molar-refractivity contribution in [2.24, 2.45) is 17.1 Å². The summed E-state index contributed by atoms with van der Waals surface area (Å²) >= 11 is 0. The van der Waals surface area contributed by atoms with Crippen molar-refractivity contribution in [3.8, 4) is 0 Å². The van der Waals surface area contributed by atoms with E-state index in [0.717, 1.165) is 18.8 Å². The van der Waals surface area contributed by atoms with E-state index in [2.05, 4.69) is 12.2 Å². The Hall–Kier alpha value is -0.570. The van der Waals surface area contributed by atoms with Gasteiger partial charge >= 0.3 is 0 Å². The van der Waals surface area contributed by atoms with E-state index in [1.165, 1.54) is 19.3 Å². The van der Waals surface area contributed by atoms with Crippen LogP contribution in [0.25, 0.3) is 0 Å². The maximum atomic E-state index is 12.0. The van der Waals surface area contributed by atoms with Crippen LogP contribution in [-0.2, 0) is 4.79 Å². The highest BCUT2D eigenvalue weighted by Crippen LogP contribution is 2.23. The summed E-state index contributed by atoms with van der Waals surface area (Å²) in [6.07, 6.45) is 6.00. The van der Waals surface area contributed by atoms with Gasteiger partial charge in [-0.25, -0.2) is 0 Å². The molecular weight excluding hydrogens is 200 g/mol. The van der Waals surface area contributed by atoms with Crippen LogP contribution in [-0.4, -0.2) is 18.5 Å². The molecule has 1 rings (SSSR count). The number of nitrogens with two attached hydrogens (primary N) is 1. The monoisotopic (exact) mass is 226 g/mol. The predicted octanol–water partition coefficient (Wildman–Crippen LogP) is 2.06. The highest BCUT2D eigenvalue weighted by molar-refractivity contribution is 5.82. The van der Waals surface area contributed by atoms with Crippen molar-refractivity contribution in [2.45, 2.75) is 58.9 Å². The van der Waals surface area contributed by atoms with E-state index in [0.29, 0.717) is 12.6 Å². The van der Waals surface area contributed by atoms with E-state index in [1.807, 2.05) is 13.8 Å². The third kappa shape index (κ3) is 3.78. The summed E-state index contributed by atoms with van der Waals surface area (Å²) in [5, 5.41) is 3.15. The first-order chi connectivity index (χ1) is 7.45. The third-order valence-corrected chi connectivity index (χ3v) is 3.72. The Morgan fingerprint density at radius 2 is 2.00 bits per heavy atom. The molecule has 1 fully saturated rings. The van der Waals surface area contributed by atoms with Gasteiger partial charge in [0.2, 0.25) is 5.91 Å². The van der Waals surface area contributed by atoms with Gasteiger partial charge in [-0.3, -0.25) is 4.79 Å². The van der Waals surface area contributed by atoms with E-state index in [1.54, 1.807) is 0 Å². The highest BCUT2D eigenvalue weighted by atomic mass is 16.2. The molecule has 0 spiro atoms. The van der Waals surface area contributed by atoms with Crippen molar-refractivity contribution in [3.63, 3.8) is 0 Å². The van der Waals surface area contributed by atoms with Crippen LogP contribution >= 0.6 is 0 Å². The molecule has 16 heavy (non-hydrogen) atoms. The van der Waals surface area contributed by atoms with Crippen LogP contribution in [0.15, 0.2) is 0 Å². The molecule has 0 aromatic rings. The summed E-state index contributed by atoms with van der Waals surface area (Å²) in [6, 6.07) is 0.364. The van der Waals surface area contributed by atoms with E-state index >= 15 is 0 Å². The van der Waals surface area contributed by atoms with Crippen molar-refractivity contribution in [1.29, 1.82) is 0 Å².